The second-order valence-corrected chi connectivity index (χ2v) is 11.6. The summed E-state index contributed by atoms with van der Waals surface area (Å²) in [5.74, 6) is 0.609. The van der Waals surface area contributed by atoms with Crippen molar-refractivity contribution in [2.75, 3.05) is 26.7 Å². The first-order valence-electron chi connectivity index (χ1n) is 12.7. The standard InChI is InChI=1S/C29H41N3O2/c1-21(2)24-8-10-25(11-9-24)29(34,27(4)19-31(6)20-27)26-16-23(17-30-18-26)12-14-28(5)13-7-15-32(28)22(3)33/h8-11,16-18,21,34H,7,12-15,19-20H2,1-6H3/t28-,29+/m1/s1. The van der Waals surface area contributed by atoms with E-state index in [0.29, 0.717) is 5.92 Å². The molecular formula is C29H41N3O2. The fourth-order valence-electron chi connectivity index (χ4n) is 6.40. The number of aromatic nitrogens is 1. The molecule has 5 heteroatoms. The Labute approximate surface area is 205 Å². The van der Waals surface area contributed by atoms with Crippen molar-refractivity contribution in [3.63, 3.8) is 0 Å². The Bertz CT molecular complexity index is 1030. The van der Waals surface area contributed by atoms with E-state index in [1.54, 1.807) is 6.92 Å². The van der Waals surface area contributed by atoms with Gasteiger partial charge in [-0.15, -0.1) is 0 Å². The van der Waals surface area contributed by atoms with Gasteiger partial charge in [0.05, 0.1) is 0 Å². The van der Waals surface area contributed by atoms with Gasteiger partial charge in [0.25, 0.3) is 0 Å². The number of hydrogen-bond acceptors (Lipinski definition) is 4. The van der Waals surface area contributed by atoms with Crippen LogP contribution in [-0.4, -0.2) is 58.0 Å². The Morgan fingerprint density at radius 1 is 1.15 bits per heavy atom. The van der Waals surface area contributed by atoms with Crippen molar-refractivity contribution < 1.29 is 9.90 Å². The normalized spacial score (nSPS) is 24.2. The molecule has 0 spiro atoms. The van der Waals surface area contributed by atoms with Crippen LogP contribution in [0.3, 0.4) is 0 Å². The number of amides is 1. The van der Waals surface area contributed by atoms with Crippen molar-refractivity contribution in [3.05, 3.63) is 65.0 Å². The van der Waals surface area contributed by atoms with Crippen LogP contribution < -0.4 is 0 Å². The average molecular weight is 464 g/mol. The van der Waals surface area contributed by atoms with E-state index < -0.39 is 5.60 Å². The van der Waals surface area contributed by atoms with Crippen molar-refractivity contribution in [1.82, 2.24) is 14.8 Å². The number of hydrogen-bond donors (Lipinski definition) is 1. The van der Waals surface area contributed by atoms with Crippen LogP contribution in [0.5, 0.6) is 0 Å². The maximum Gasteiger partial charge on any atom is 0.219 e. The molecule has 4 rings (SSSR count). The molecule has 2 atom stereocenters. The van der Waals surface area contributed by atoms with E-state index in [-0.39, 0.29) is 16.9 Å². The van der Waals surface area contributed by atoms with E-state index >= 15 is 0 Å². The molecule has 0 aliphatic carbocycles. The van der Waals surface area contributed by atoms with Gasteiger partial charge in [0.15, 0.2) is 0 Å². The van der Waals surface area contributed by atoms with Crippen LogP contribution in [0.4, 0.5) is 0 Å². The first kappa shape index (κ1) is 24.9. The van der Waals surface area contributed by atoms with Crippen LogP contribution in [0, 0.1) is 5.41 Å². The summed E-state index contributed by atoms with van der Waals surface area (Å²) in [4.78, 5) is 21.0. The summed E-state index contributed by atoms with van der Waals surface area (Å²) in [6.45, 7) is 12.9. The Morgan fingerprint density at radius 3 is 2.41 bits per heavy atom. The van der Waals surface area contributed by atoms with Crippen LogP contribution in [0.1, 0.15) is 82.1 Å². The average Bonchev–Trinajstić information content (AvgIpc) is 3.18. The highest BCUT2D eigenvalue weighted by molar-refractivity contribution is 5.74. The molecule has 0 bridgehead atoms. The number of aryl methyl sites for hydroxylation is 1. The van der Waals surface area contributed by atoms with Gasteiger partial charge in [-0.2, -0.15) is 0 Å². The van der Waals surface area contributed by atoms with Crippen molar-refractivity contribution in [2.45, 2.75) is 77.4 Å². The molecule has 0 saturated carbocycles. The first-order valence-corrected chi connectivity index (χ1v) is 12.7. The number of pyridine rings is 1. The van der Waals surface area contributed by atoms with E-state index in [2.05, 4.69) is 75.0 Å². The quantitative estimate of drug-likeness (QED) is 0.645. The largest absolute Gasteiger partial charge is 0.380 e. The maximum atomic E-state index is 12.4. The van der Waals surface area contributed by atoms with Crippen LogP contribution in [-0.2, 0) is 16.8 Å². The summed E-state index contributed by atoms with van der Waals surface area (Å²) in [7, 11) is 2.10. The predicted octanol–water partition coefficient (Wildman–Crippen LogP) is 4.73. The third-order valence-electron chi connectivity index (χ3n) is 8.40. The summed E-state index contributed by atoms with van der Waals surface area (Å²) in [5, 5.41) is 12.4. The van der Waals surface area contributed by atoms with E-state index in [0.717, 1.165) is 62.0 Å². The molecule has 0 unspecified atom stereocenters. The van der Waals surface area contributed by atoms with Crippen LogP contribution in [0.15, 0.2) is 42.7 Å². The summed E-state index contributed by atoms with van der Waals surface area (Å²) in [6.07, 6.45) is 7.59. The number of nitrogens with zero attached hydrogens (tertiary/aromatic N) is 3. The molecule has 34 heavy (non-hydrogen) atoms. The highest BCUT2D eigenvalue weighted by Gasteiger charge is 2.55. The Kier molecular flexibility index (Phi) is 6.65. The van der Waals surface area contributed by atoms with E-state index in [9.17, 15) is 9.90 Å². The highest BCUT2D eigenvalue weighted by atomic mass is 16.3. The number of likely N-dealkylation sites (tertiary alicyclic amines) is 2. The van der Waals surface area contributed by atoms with Gasteiger partial charge in [0.2, 0.25) is 5.91 Å². The van der Waals surface area contributed by atoms with Crippen LogP contribution in [0.2, 0.25) is 0 Å². The van der Waals surface area contributed by atoms with Gasteiger partial charge in [0.1, 0.15) is 5.60 Å². The zero-order valence-electron chi connectivity index (χ0n) is 21.8. The molecular weight excluding hydrogens is 422 g/mol. The van der Waals surface area contributed by atoms with Gasteiger partial charge in [-0.05, 0) is 68.3 Å². The molecule has 0 radical (unpaired) electrons. The second kappa shape index (κ2) is 9.09. The van der Waals surface area contributed by atoms with Crippen molar-refractivity contribution >= 4 is 5.91 Å². The van der Waals surface area contributed by atoms with Gasteiger partial charge >= 0.3 is 0 Å². The number of aliphatic hydroxyl groups is 1. The number of carbonyl (C=O) groups excluding carboxylic acids is 1. The second-order valence-electron chi connectivity index (χ2n) is 11.6. The van der Waals surface area contributed by atoms with Gasteiger partial charge in [-0.3, -0.25) is 9.78 Å². The zero-order chi connectivity index (χ0) is 24.7. The molecule has 3 heterocycles. The lowest BCUT2D eigenvalue weighted by Crippen LogP contribution is -2.63. The first-order chi connectivity index (χ1) is 16.0. The third kappa shape index (κ3) is 4.29. The summed E-state index contributed by atoms with van der Waals surface area (Å²) in [6, 6.07) is 10.6. The highest BCUT2D eigenvalue weighted by Crippen LogP contribution is 2.50. The molecule has 1 aromatic carbocycles. The summed E-state index contributed by atoms with van der Waals surface area (Å²) < 4.78 is 0. The van der Waals surface area contributed by atoms with Crippen molar-refractivity contribution in [3.8, 4) is 0 Å². The number of carbonyl (C=O) groups is 1. The van der Waals surface area contributed by atoms with Crippen molar-refractivity contribution in [1.29, 1.82) is 0 Å². The Hall–Kier alpha value is -2.24. The Balaban J connectivity index is 1.65. The lowest BCUT2D eigenvalue weighted by atomic mass is 9.62. The van der Waals surface area contributed by atoms with Gasteiger partial charge in [-0.1, -0.05) is 45.0 Å². The van der Waals surface area contributed by atoms with Gasteiger partial charge in [-0.25, -0.2) is 0 Å². The minimum Gasteiger partial charge on any atom is -0.380 e. The van der Waals surface area contributed by atoms with Crippen molar-refractivity contribution in [2.24, 2.45) is 5.41 Å². The minimum atomic E-state index is -1.12. The van der Waals surface area contributed by atoms with Gasteiger partial charge in [0, 0.05) is 55.5 Å². The number of rotatable bonds is 7. The van der Waals surface area contributed by atoms with Crippen LogP contribution in [0.25, 0.3) is 0 Å². The minimum absolute atomic E-state index is 0.104. The molecule has 2 aliphatic heterocycles. The van der Waals surface area contributed by atoms with Gasteiger partial charge < -0.3 is 14.9 Å². The maximum absolute atomic E-state index is 12.4. The van der Waals surface area contributed by atoms with Crippen LogP contribution >= 0.6 is 0 Å². The third-order valence-corrected chi connectivity index (χ3v) is 8.40. The lowest BCUT2D eigenvalue weighted by molar-refractivity contribution is -0.132. The molecule has 5 nitrogen and oxygen atoms in total. The fourth-order valence-corrected chi connectivity index (χ4v) is 6.40. The van der Waals surface area contributed by atoms with E-state index in [1.165, 1.54) is 5.56 Å². The summed E-state index contributed by atoms with van der Waals surface area (Å²) >= 11 is 0. The zero-order valence-corrected chi connectivity index (χ0v) is 21.8. The molecule has 1 N–H and O–H groups in total. The smallest absolute Gasteiger partial charge is 0.219 e. The molecule has 2 aliphatic rings. The fraction of sp³-hybridized carbons (Fsp3) is 0.586. The molecule has 1 aromatic heterocycles. The number of benzene rings is 1. The molecule has 2 saturated heterocycles. The lowest BCUT2D eigenvalue weighted by Gasteiger charge is -2.56. The predicted molar refractivity (Wildman–Crippen MR) is 137 cm³/mol. The monoisotopic (exact) mass is 463 g/mol. The Morgan fingerprint density at radius 2 is 1.82 bits per heavy atom. The van der Waals surface area contributed by atoms with E-state index in [4.69, 9.17) is 0 Å². The molecule has 2 fully saturated rings. The molecule has 1 amide bonds. The topological polar surface area (TPSA) is 56.7 Å². The SMILES string of the molecule is CC(=O)N1CCC[C@]1(C)CCc1cncc([C@@](O)(c2ccc(C(C)C)cc2)C2(C)CN(C)C2)c1. The van der Waals surface area contributed by atoms with E-state index in [1.807, 2.05) is 17.3 Å². The molecule has 184 valence electrons. The molecule has 2 aromatic rings. The summed E-state index contributed by atoms with van der Waals surface area (Å²) in [5.41, 5.74) is 2.64.